The second-order valence-electron chi connectivity index (χ2n) is 4.78. The van der Waals surface area contributed by atoms with Crippen LogP contribution in [0.5, 0.6) is 11.6 Å². The van der Waals surface area contributed by atoms with E-state index in [1.807, 2.05) is 12.1 Å². The van der Waals surface area contributed by atoms with Crippen LogP contribution in [0.25, 0.3) is 31.1 Å². The van der Waals surface area contributed by atoms with Gasteiger partial charge >= 0.3 is 0 Å². The van der Waals surface area contributed by atoms with Crippen molar-refractivity contribution in [2.45, 2.75) is 0 Å². The minimum absolute atomic E-state index is 0.656. The Hall–Kier alpha value is -2.33. The highest BCUT2D eigenvalue weighted by atomic mass is 32.1. The van der Waals surface area contributed by atoms with Gasteiger partial charge in [-0.15, -0.1) is 11.3 Å². The summed E-state index contributed by atoms with van der Waals surface area (Å²) in [6.07, 6.45) is 0. The van der Waals surface area contributed by atoms with Gasteiger partial charge in [0.15, 0.2) is 0 Å². The molecule has 0 aliphatic heterocycles. The summed E-state index contributed by atoms with van der Waals surface area (Å²) in [5.41, 5.74) is 0.841. The second-order valence-corrected chi connectivity index (χ2v) is 5.83. The van der Waals surface area contributed by atoms with Crippen molar-refractivity contribution in [1.29, 1.82) is 0 Å². The Morgan fingerprint density at radius 1 is 0.905 bits per heavy atom. The van der Waals surface area contributed by atoms with Gasteiger partial charge in [0.25, 0.3) is 0 Å². The number of ether oxygens (including phenoxy) is 2. The molecule has 0 radical (unpaired) electrons. The fraction of sp³-hybridized carbons (Fsp3) is 0.118. The third kappa shape index (κ3) is 1.69. The van der Waals surface area contributed by atoms with Gasteiger partial charge in [-0.1, -0.05) is 30.3 Å². The van der Waals surface area contributed by atoms with E-state index in [1.54, 1.807) is 25.6 Å². The van der Waals surface area contributed by atoms with E-state index in [0.29, 0.717) is 5.88 Å². The van der Waals surface area contributed by atoms with Gasteiger partial charge in [0, 0.05) is 20.9 Å². The summed E-state index contributed by atoms with van der Waals surface area (Å²) in [6, 6.07) is 14.4. The van der Waals surface area contributed by atoms with Crippen LogP contribution in [0, 0.1) is 0 Å². The summed E-state index contributed by atoms with van der Waals surface area (Å²) >= 11 is 1.71. The first kappa shape index (κ1) is 12.4. The SMILES string of the molecule is COc1cccc2c1nc(OC)c1sc3ccccc3c12. The van der Waals surface area contributed by atoms with Crippen molar-refractivity contribution in [3.05, 3.63) is 42.5 Å². The molecule has 4 aromatic rings. The summed E-state index contributed by atoms with van der Waals surface area (Å²) in [5.74, 6) is 1.42. The summed E-state index contributed by atoms with van der Waals surface area (Å²) in [7, 11) is 3.33. The van der Waals surface area contributed by atoms with Crippen LogP contribution in [0.2, 0.25) is 0 Å². The van der Waals surface area contributed by atoms with E-state index in [0.717, 1.165) is 21.4 Å². The number of aromatic nitrogens is 1. The molecular formula is C17H13NO2S. The lowest BCUT2D eigenvalue weighted by Gasteiger charge is -2.08. The van der Waals surface area contributed by atoms with Gasteiger partial charge in [-0.05, 0) is 12.1 Å². The number of rotatable bonds is 2. The van der Waals surface area contributed by atoms with E-state index >= 15 is 0 Å². The molecule has 0 spiro atoms. The summed E-state index contributed by atoms with van der Waals surface area (Å²) in [4.78, 5) is 4.65. The van der Waals surface area contributed by atoms with Crippen molar-refractivity contribution in [3.8, 4) is 11.6 Å². The van der Waals surface area contributed by atoms with Gasteiger partial charge in [-0.3, -0.25) is 0 Å². The monoisotopic (exact) mass is 295 g/mol. The number of methoxy groups -OCH3 is 2. The standard InChI is InChI=1S/C17H13NO2S/c1-19-12-8-5-7-11-14-10-6-3-4-9-13(10)21-16(14)17(20-2)18-15(11)12/h3-9H,1-2H3. The number of hydrogen-bond acceptors (Lipinski definition) is 4. The predicted molar refractivity (Wildman–Crippen MR) is 87.7 cm³/mol. The largest absolute Gasteiger partial charge is 0.494 e. The van der Waals surface area contributed by atoms with Crippen LogP contribution >= 0.6 is 11.3 Å². The highest BCUT2D eigenvalue weighted by molar-refractivity contribution is 7.26. The van der Waals surface area contributed by atoms with Crippen molar-refractivity contribution < 1.29 is 9.47 Å². The molecule has 0 N–H and O–H groups in total. The highest BCUT2D eigenvalue weighted by Gasteiger charge is 2.16. The van der Waals surface area contributed by atoms with Crippen molar-refractivity contribution >= 4 is 42.4 Å². The summed E-state index contributed by atoms with van der Waals surface area (Å²) < 4.78 is 13.3. The molecule has 0 fully saturated rings. The number of benzene rings is 2. The number of para-hydroxylation sites is 1. The normalized spacial score (nSPS) is 11.3. The molecule has 0 bridgehead atoms. The molecule has 104 valence electrons. The minimum Gasteiger partial charge on any atom is -0.494 e. The van der Waals surface area contributed by atoms with Crippen molar-refractivity contribution in [3.63, 3.8) is 0 Å². The van der Waals surface area contributed by atoms with Crippen LogP contribution in [0.15, 0.2) is 42.5 Å². The molecule has 0 unspecified atom stereocenters. The van der Waals surface area contributed by atoms with Crippen molar-refractivity contribution in [2.24, 2.45) is 0 Å². The molecule has 0 saturated heterocycles. The molecule has 2 aromatic heterocycles. The molecule has 0 atom stereocenters. The number of pyridine rings is 1. The number of fused-ring (bicyclic) bond motifs is 5. The maximum atomic E-state index is 5.51. The predicted octanol–water partition coefficient (Wildman–Crippen LogP) is 4.62. The van der Waals surface area contributed by atoms with E-state index < -0.39 is 0 Å². The lowest BCUT2D eigenvalue weighted by molar-refractivity contribution is 0.402. The van der Waals surface area contributed by atoms with Crippen LogP contribution in [0.3, 0.4) is 0 Å². The molecule has 4 rings (SSSR count). The zero-order valence-electron chi connectivity index (χ0n) is 11.7. The Bertz CT molecular complexity index is 975. The molecule has 0 aliphatic carbocycles. The van der Waals surface area contributed by atoms with Gasteiger partial charge in [-0.25, -0.2) is 4.98 Å². The third-order valence-corrected chi connectivity index (χ3v) is 4.84. The van der Waals surface area contributed by atoms with Gasteiger partial charge < -0.3 is 9.47 Å². The van der Waals surface area contributed by atoms with Gasteiger partial charge in [0.05, 0.1) is 18.9 Å². The molecule has 21 heavy (non-hydrogen) atoms. The highest BCUT2D eigenvalue weighted by Crippen LogP contribution is 2.43. The van der Waals surface area contributed by atoms with E-state index in [1.165, 1.54) is 15.5 Å². The fourth-order valence-electron chi connectivity index (χ4n) is 2.76. The van der Waals surface area contributed by atoms with E-state index in [-0.39, 0.29) is 0 Å². The first-order valence-corrected chi connectivity index (χ1v) is 7.47. The summed E-state index contributed by atoms with van der Waals surface area (Å²) in [5, 5.41) is 3.52. The maximum Gasteiger partial charge on any atom is 0.232 e. The van der Waals surface area contributed by atoms with Crippen LogP contribution in [0.1, 0.15) is 0 Å². The Labute approximate surface area is 125 Å². The molecule has 4 heteroatoms. The molecule has 0 aliphatic rings. The van der Waals surface area contributed by atoms with E-state index in [2.05, 4.69) is 35.3 Å². The molecule has 2 aromatic carbocycles. The number of hydrogen-bond donors (Lipinski definition) is 0. The molecule has 0 saturated carbocycles. The molecule has 3 nitrogen and oxygen atoms in total. The Kier molecular flexibility index (Phi) is 2.72. The first-order valence-electron chi connectivity index (χ1n) is 6.65. The zero-order valence-corrected chi connectivity index (χ0v) is 12.5. The quantitative estimate of drug-likeness (QED) is 0.540. The second kappa shape index (κ2) is 4.60. The van der Waals surface area contributed by atoms with Gasteiger partial charge in [0.1, 0.15) is 11.3 Å². The Balaban J connectivity index is 2.32. The molecule has 2 heterocycles. The number of nitrogens with zero attached hydrogens (tertiary/aromatic N) is 1. The van der Waals surface area contributed by atoms with Crippen molar-refractivity contribution in [1.82, 2.24) is 4.98 Å². The van der Waals surface area contributed by atoms with Gasteiger partial charge in [0.2, 0.25) is 5.88 Å². The molecule has 0 amide bonds. The Morgan fingerprint density at radius 3 is 2.52 bits per heavy atom. The van der Waals surface area contributed by atoms with Crippen LogP contribution < -0.4 is 9.47 Å². The van der Waals surface area contributed by atoms with E-state index in [9.17, 15) is 0 Å². The van der Waals surface area contributed by atoms with Crippen LogP contribution in [-0.4, -0.2) is 19.2 Å². The summed E-state index contributed by atoms with van der Waals surface area (Å²) in [6.45, 7) is 0. The zero-order chi connectivity index (χ0) is 14.4. The fourth-order valence-corrected chi connectivity index (χ4v) is 3.94. The lowest BCUT2D eigenvalue weighted by Crippen LogP contribution is -1.92. The average Bonchev–Trinajstić information content (AvgIpc) is 2.93. The molecular weight excluding hydrogens is 282 g/mol. The Morgan fingerprint density at radius 2 is 1.71 bits per heavy atom. The lowest BCUT2D eigenvalue weighted by atomic mass is 10.1. The third-order valence-electron chi connectivity index (χ3n) is 3.68. The maximum absolute atomic E-state index is 5.51. The topological polar surface area (TPSA) is 31.4 Å². The van der Waals surface area contributed by atoms with Crippen molar-refractivity contribution in [2.75, 3.05) is 14.2 Å². The average molecular weight is 295 g/mol. The van der Waals surface area contributed by atoms with Crippen LogP contribution in [-0.2, 0) is 0 Å². The minimum atomic E-state index is 0.656. The van der Waals surface area contributed by atoms with Crippen LogP contribution in [0.4, 0.5) is 0 Å². The van der Waals surface area contributed by atoms with Gasteiger partial charge in [-0.2, -0.15) is 0 Å². The first-order chi connectivity index (χ1) is 10.3. The van der Waals surface area contributed by atoms with E-state index in [4.69, 9.17) is 9.47 Å². The number of thiophene rings is 1. The smallest absolute Gasteiger partial charge is 0.232 e.